The van der Waals surface area contributed by atoms with Crippen molar-refractivity contribution in [2.75, 3.05) is 18.5 Å². The number of rotatable bonds is 6. The van der Waals surface area contributed by atoms with Crippen LogP contribution in [0.4, 0.5) is 5.82 Å². The standard InChI is InChI=1S/C21H28N4O3/c1-12(2)26-8-6-7-22-19-18-17(23-11-24-19)16-14-9-21(4,5)27-10-15(14)13(3)25-20(16)28-18/h11-12H,6-10H2,1-5H3,(H,22,23,24). The monoisotopic (exact) mass is 384 g/mol. The predicted octanol–water partition coefficient (Wildman–Crippen LogP) is 4.16. The molecular weight excluding hydrogens is 356 g/mol. The van der Waals surface area contributed by atoms with Crippen LogP contribution in [0.5, 0.6) is 0 Å². The van der Waals surface area contributed by atoms with Gasteiger partial charge >= 0.3 is 0 Å². The van der Waals surface area contributed by atoms with E-state index in [1.54, 1.807) is 6.33 Å². The number of aryl methyl sites for hydroxylation is 1. The molecule has 4 rings (SSSR count). The smallest absolute Gasteiger partial charge is 0.229 e. The molecule has 0 saturated heterocycles. The van der Waals surface area contributed by atoms with Gasteiger partial charge in [-0.15, -0.1) is 0 Å². The molecule has 4 heterocycles. The predicted molar refractivity (Wildman–Crippen MR) is 109 cm³/mol. The van der Waals surface area contributed by atoms with Crippen molar-refractivity contribution in [3.63, 3.8) is 0 Å². The number of furan rings is 1. The number of aromatic nitrogens is 3. The van der Waals surface area contributed by atoms with Gasteiger partial charge < -0.3 is 19.2 Å². The molecule has 0 unspecified atom stereocenters. The first-order chi connectivity index (χ1) is 13.4. The van der Waals surface area contributed by atoms with Gasteiger partial charge in [-0.1, -0.05) is 0 Å². The Morgan fingerprint density at radius 3 is 2.86 bits per heavy atom. The van der Waals surface area contributed by atoms with Gasteiger partial charge in [0.1, 0.15) is 11.8 Å². The van der Waals surface area contributed by atoms with Crippen molar-refractivity contribution < 1.29 is 13.9 Å². The van der Waals surface area contributed by atoms with Crippen LogP contribution in [0.1, 0.15) is 50.9 Å². The van der Waals surface area contributed by atoms with E-state index in [4.69, 9.17) is 13.9 Å². The normalized spacial score (nSPS) is 16.1. The third-order valence-electron chi connectivity index (χ3n) is 5.10. The molecule has 0 amide bonds. The molecule has 3 aromatic heterocycles. The summed E-state index contributed by atoms with van der Waals surface area (Å²) in [7, 11) is 0. The number of hydrogen-bond acceptors (Lipinski definition) is 7. The Morgan fingerprint density at radius 1 is 1.25 bits per heavy atom. The Labute approximate surface area is 164 Å². The summed E-state index contributed by atoms with van der Waals surface area (Å²) in [6.45, 7) is 12.3. The average molecular weight is 384 g/mol. The van der Waals surface area contributed by atoms with Crippen LogP contribution in [0.2, 0.25) is 0 Å². The van der Waals surface area contributed by atoms with Crippen LogP contribution in [0.15, 0.2) is 10.7 Å². The molecule has 0 fully saturated rings. The number of nitrogens with one attached hydrogen (secondary N) is 1. The van der Waals surface area contributed by atoms with E-state index < -0.39 is 0 Å². The fourth-order valence-electron chi connectivity index (χ4n) is 3.69. The van der Waals surface area contributed by atoms with Crippen LogP contribution in [0.3, 0.4) is 0 Å². The van der Waals surface area contributed by atoms with Crippen molar-refractivity contribution >= 4 is 28.0 Å². The van der Waals surface area contributed by atoms with Gasteiger partial charge in [0, 0.05) is 30.8 Å². The van der Waals surface area contributed by atoms with Crippen LogP contribution in [-0.2, 0) is 22.5 Å². The fraction of sp³-hybridized carbons (Fsp3) is 0.571. The van der Waals surface area contributed by atoms with Gasteiger partial charge in [0.15, 0.2) is 11.4 Å². The summed E-state index contributed by atoms with van der Waals surface area (Å²) in [4.78, 5) is 13.6. The fourth-order valence-corrected chi connectivity index (χ4v) is 3.69. The molecule has 3 aromatic rings. The molecule has 28 heavy (non-hydrogen) atoms. The van der Waals surface area contributed by atoms with E-state index in [-0.39, 0.29) is 11.7 Å². The number of hydrogen-bond donors (Lipinski definition) is 1. The van der Waals surface area contributed by atoms with Crippen molar-refractivity contribution in [2.45, 2.75) is 65.8 Å². The van der Waals surface area contributed by atoms with Crippen LogP contribution < -0.4 is 5.32 Å². The Morgan fingerprint density at radius 2 is 2.07 bits per heavy atom. The lowest BCUT2D eigenvalue weighted by molar-refractivity contribution is -0.0400. The summed E-state index contributed by atoms with van der Waals surface area (Å²) in [6, 6.07) is 0. The Hall–Kier alpha value is -2.25. The first-order valence-electron chi connectivity index (χ1n) is 9.91. The molecule has 0 aromatic carbocycles. The second kappa shape index (κ2) is 7.29. The van der Waals surface area contributed by atoms with E-state index in [9.17, 15) is 0 Å². The highest BCUT2D eigenvalue weighted by atomic mass is 16.5. The molecule has 0 bridgehead atoms. The third-order valence-corrected chi connectivity index (χ3v) is 5.10. The molecule has 7 heteroatoms. The summed E-state index contributed by atoms with van der Waals surface area (Å²) >= 11 is 0. The van der Waals surface area contributed by atoms with Gasteiger partial charge in [0.25, 0.3) is 0 Å². The van der Waals surface area contributed by atoms with E-state index in [0.717, 1.165) is 41.5 Å². The van der Waals surface area contributed by atoms with Gasteiger partial charge in [-0.05, 0) is 46.6 Å². The van der Waals surface area contributed by atoms with Crippen molar-refractivity contribution in [1.29, 1.82) is 0 Å². The van der Waals surface area contributed by atoms with E-state index in [1.807, 2.05) is 20.8 Å². The van der Waals surface area contributed by atoms with Crippen molar-refractivity contribution in [3.8, 4) is 0 Å². The molecule has 150 valence electrons. The highest BCUT2D eigenvalue weighted by Gasteiger charge is 2.31. The summed E-state index contributed by atoms with van der Waals surface area (Å²) in [6.07, 6.45) is 3.52. The second-order valence-corrected chi connectivity index (χ2v) is 8.26. The lowest BCUT2D eigenvalue weighted by Crippen LogP contribution is -2.32. The molecule has 1 N–H and O–H groups in total. The van der Waals surface area contributed by atoms with Gasteiger partial charge in [-0.25, -0.2) is 15.0 Å². The topological polar surface area (TPSA) is 82.3 Å². The van der Waals surface area contributed by atoms with Gasteiger partial charge in [0.2, 0.25) is 5.71 Å². The van der Waals surface area contributed by atoms with Crippen molar-refractivity contribution in [1.82, 2.24) is 15.0 Å². The zero-order chi connectivity index (χ0) is 19.9. The third kappa shape index (κ3) is 3.56. The Balaban J connectivity index is 1.71. The lowest BCUT2D eigenvalue weighted by Gasteiger charge is -2.32. The molecule has 0 spiro atoms. The summed E-state index contributed by atoms with van der Waals surface area (Å²) < 4.78 is 17.7. The number of fused-ring (bicyclic) bond motifs is 5. The molecule has 0 aliphatic carbocycles. The van der Waals surface area contributed by atoms with Gasteiger partial charge in [-0.3, -0.25) is 0 Å². The Bertz CT molecular complexity index is 1010. The van der Waals surface area contributed by atoms with E-state index in [1.165, 1.54) is 5.56 Å². The van der Waals surface area contributed by atoms with Crippen molar-refractivity contribution in [3.05, 3.63) is 23.1 Å². The number of nitrogens with zero attached hydrogens (tertiary/aromatic N) is 3. The molecule has 7 nitrogen and oxygen atoms in total. The molecular formula is C21H28N4O3. The SMILES string of the molecule is Cc1nc2oc3c(NCCCOC(C)C)ncnc3c2c2c1COC(C)(C)C2. The first-order valence-corrected chi connectivity index (χ1v) is 9.91. The van der Waals surface area contributed by atoms with E-state index in [2.05, 4.69) is 34.1 Å². The second-order valence-electron chi connectivity index (χ2n) is 8.26. The van der Waals surface area contributed by atoms with Crippen LogP contribution >= 0.6 is 0 Å². The zero-order valence-corrected chi connectivity index (χ0v) is 17.3. The molecule has 0 saturated carbocycles. The summed E-state index contributed by atoms with van der Waals surface area (Å²) in [5.41, 5.74) is 5.20. The number of anilines is 1. The number of ether oxygens (including phenoxy) is 2. The highest BCUT2D eigenvalue weighted by Crippen LogP contribution is 2.39. The molecule has 1 aliphatic rings. The van der Waals surface area contributed by atoms with Crippen LogP contribution in [-0.4, -0.2) is 39.8 Å². The highest BCUT2D eigenvalue weighted by molar-refractivity contribution is 6.06. The average Bonchev–Trinajstić information content (AvgIpc) is 2.99. The largest absolute Gasteiger partial charge is 0.432 e. The van der Waals surface area contributed by atoms with Crippen LogP contribution in [0, 0.1) is 6.92 Å². The van der Waals surface area contributed by atoms with Gasteiger partial charge in [0.05, 0.1) is 23.7 Å². The lowest BCUT2D eigenvalue weighted by atomic mass is 9.89. The quantitative estimate of drug-likeness (QED) is 0.639. The van der Waals surface area contributed by atoms with E-state index in [0.29, 0.717) is 30.3 Å². The summed E-state index contributed by atoms with van der Waals surface area (Å²) in [5, 5.41) is 4.34. The minimum Gasteiger partial charge on any atom is -0.432 e. The number of pyridine rings is 1. The molecule has 1 aliphatic heterocycles. The zero-order valence-electron chi connectivity index (χ0n) is 17.3. The minimum atomic E-state index is -0.220. The van der Waals surface area contributed by atoms with E-state index >= 15 is 0 Å². The minimum absolute atomic E-state index is 0.220. The maximum Gasteiger partial charge on any atom is 0.229 e. The molecule has 0 radical (unpaired) electrons. The maximum atomic E-state index is 6.12. The maximum absolute atomic E-state index is 6.12. The first kappa shape index (κ1) is 19.1. The van der Waals surface area contributed by atoms with Crippen LogP contribution in [0.25, 0.3) is 22.2 Å². The van der Waals surface area contributed by atoms with Gasteiger partial charge in [-0.2, -0.15) is 0 Å². The van der Waals surface area contributed by atoms with Crippen molar-refractivity contribution in [2.24, 2.45) is 0 Å². The molecule has 0 atom stereocenters. The Kier molecular flexibility index (Phi) is 4.97. The summed E-state index contributed by atoms with van der Waals surface area (Å²) in [5.74, 6) is 0.699.